The molecule has 0 bridgehead atoms. The zero-order chi connectivity index (χ0) is 9.07. The normalized spacial score (nSPS) is 15.5. The van der Waals surface area contributed by atoms with Crippen molar-refractivity contribution in [2.24, 2.45) is 0 Å². The summed E-state index contributed by atoms with van der Waals surface area (Å²) in [5.41, 5.74) is 0. The Balaban J connectivity index is 4.23. The van der Waals surface area contributed by atoms with Crippen LogP contribution in [0.5, 0.6) is 0 Å². The van der Waals surface area contributed by atoms with Crippen molar-refractivity contribution in [3.05, 3.63) is 0 Å². The van der Waals surface area contributed by atoms with E-state index >= 15 is 0 Å². The van der Waals surface area contributed by atoms with Crippen molar-refractivity contribution in [3.8, 4) is 0 Å². The summed E-state index contributed by atoms with van der Waals surface area (Å²) in [5.74, 6) is 0. The summed E-state index contributed by atoms with van der Waals surface area (Å²) in [4.78, 5) is 0. The summed E-state index contributed by atoms with van der Waals surface area (Å²) < 4.78 is 62.8. The Morgan fingerprint density at radius 2 is 1.64 bits per heavy atom. The van der Waals surface area contributed by atoms with Gasteiger partial charge in [0.05, 0.1) is 0 Å². The zero-order valence-corrected chi connectivity index (χ0v) is 8.88. The van der Waals surface area contributed by atoms with Crippen LogP contribution < -0.4 is 0 Å². The van der Waals surface area contributed by atoms with Crippen LogP contribution in [0.2, 0.25) is 0 Å². The molecule has 1 atom stereocenters. The SMILES string of the molecule is [O]=[V]([OH])[O][V](=[O])([OH])[O][V](=[O])=[O]. The predicted octanol–water partition coefficient (Wildman–Crippen LogP) is -1.73. The van der Waals surface area contributed by atoms with Crippen molar-refractivity contribution in [2.45, 2.75) is 0 Å². The maximum atomic E-state index is 10.3. The Morgan fingerprint density at radius 1 is 1.18 bits per heavy atom. The summed E-state index contributed by atoms with van der Waals surface area (Å²) in [5, 5.41) is 0. The van der Waals surface area contributed by atoms with Gasteiger partial charge >= 0.3 is 74.2 Å². The third-order valence-electron chi connectivity index (χ3n) is 0.343. The van der Waals surface area contributed by atoms with Gasteiger partial charge in [-0.1, -0.05) is 0 Å². The molecule has 0 aromatic carbocycles. The van der Waals surface area contributed by atoms with Crippen LogP contribution in [0.4, 0.5) is 0 Å². The van der Waals surface area contributed by atoms with Gasteiger partial charge in [0.25, 0.3) is 0 Å². The first-order valence-corrected chi connectivity index (χ1v) is 7.67. The molecule has 0 saturated carbocycles. The standard InChI is InChI=1S/2H2O.6O.3V/h2*1H2;;;;;;;;;/q;;;;;;;;;2*+1/p-2. The van der Waals surface area contributed by atoms with Crippen LogP contribution in [0.1, 0.15) is 0 Å². The summed E-state index contributed by atoms with van der Waals surface area (Å²) in [6.45, 7) is 0. The first kappa shape index (κ1) is 11.8. The van der Waals surface area contributed by atoms with Gasteiger partial charge < -0.3 is 0 Å². The van der Waals surface area contributed by atoms with Crippen LogP contribution in [0.25, 0.3) is 0 Å². The van der Waals surface area contributed by atoms with Crippen LogP contribution in [-0.4, -0.2) is 8.06 Å². The second-order valence-corrected chi connectivity index (χ2v) is 6.61. The fourth-order valence-electron chi connectivity index (χ4n) is 0.187. The van der Waals surface area contributed by atoms with E-state index in [4.69, 9.17) is 8.06 Å². The van der Waals surface area contributed by atoms with E-state index in [1.165, 1.54) is 0 Å². The number of rotatable bonds is 4. The zero-order valence-electron chi connectivity index (χ0n) is 4.69. The van der Waals surface area contributed by atoms with Gasteiger partial charge in [-0.2, -0.15) is 0 Å². The Kier molecular flexibility index (Phi) is 5.07. The van der Waals surface area contributed by atoms with Crippen LogP contribution in [0.3, 0.4) is 0 Å². The van der Waals surface area contributed by atoms with Gasteiger partial charge in [-0.05, 0) is 0 Å². The maximum absolute atomic E-state index is 10.3. The fraction of sp³-hybridized carbons (Fsp3) is 0. The molecule has 0 rings (SSSR count). The first-order valence-electron chi connectivity index (χ1n) is 1.86. The molecule has 0 amide bonds. The molecular formula is H2O8V3. The average Bonchev–Trinajstić information content (AvgIpc) is 1.53. The number of hydrogen-bond acceptors (Lipinski definition) is 6. The van der Waals surface area contributed by atoms with Crippen LogP contribution in [0.15, 0.2) is 0 Å². The Morgan fingerprint density at radius 3 is 1.91 bits per heavy atom. The summed E-state index contributed by atoms with van der Waals surface area (Å²) in [7, 11) is 0. The predicted molar refractivity (Wildman–Crippen MR) is 9.35 cm³/mol. The summed E-state index contributed by atoms with van der Waals surface area (Å²) in [6, 6.07) is 0. The second-order valence-electron chi connectivity index (χ2n) is 1.09. The van der Waals surface area contributed by atoms with Crippen LogP contribution in [-0.2, 0) is 66.1 Å². The second kappa shape index (κ2) is 4.73. The van der Waals surface area contributed by atoms with Gasteiger partial charge in [-0.15, -0.1) is 0 Å². The molecule has 11 heavy (non-hydrogen) atoms. The van der Waals surface area contributed by atoms with E-state index in [2.05, 4.69) is 5.17 Å². The molecule has 0 saturated heterocycles. The van der Waals surface area contributed by atoms with Gasteiger partial charge in [0.2, 0.25) is 0 Å². The molecule has 0 aromatic rings. The van der Waals surface area contributed by atoms with Gasteiger partial charge in [0, 0.05) is 0 Å². The topological polar surface area (TPSA) is 127 Å². The van der Waals surface area contributed by atoms with Crippen LogP contribution >= 0.6 is 0 Å². The Hall–Kier alpha value is 0.793. The third kappa shape index (κ3) is 7.16. The van der Waals surface area contributed by atoms with Crippen molar-refractivity contribution < 1.29 is 74.2 Å². The van der Waals surface area contributed by atoms with Gasteiger partial charge in [-0.3, -0.25) is 0 Å². The quantitative estimate of drug-likeness (QED) is 0.622. The Bertz CT molecular complexity index is 251. The minimum absolute atomic E-state index is 3.41. The first-order chi connectivity index (χ1) is 4.83. The number of hydrogen-bond donors (Lipinski definition) is 2. The third-order valence-corrected chi connectivity index (χ3v) is 5.83. The average molecular weight is 283 g/mol. The molecule has 0 aliphatic rings. The van der Waals surface area contributed by atoms with Crippen molar-refractivity contribution >= 4 is 0 Å². The molecule has 65 valence electrons. The molecule has 2 N–H and O–H groups in total. The van der Waals surface area contributed by atoms with Crippen molar-refractivity contribution in [2.75, 3.05) is 0 Å². The van der Waals surface area contributed by atoms with E-state index in [1.807, 2.05) is 0 Å². The van der Waals surface area contributed by atoms with Crippen molar-refractivity contribution in [1.29, 1.82) is 0 Å². The molecule has 0 heterocycles. The van der Waals surface area contributed by atoms with E-state index in [0.717, 1.165) is 0 Å². The van der Waals surface area contributed by atoms with E-state index in [-0.39, 0.29) is 0 Å². The van der Waals surface area contributed by atoms with Gasteiger partial charge in [0.1, 0.15) is 0 Å². The van der Waals surface area contributed by atoms with E-state index in [1.54, 1.807) is 0 Å². The minimum atomic E-state index is -5.46. The van der Waals surface area contributed by atoms with Crippen molar-refractivity contribution in [1.82, 2.24) is 0 Å². The molecule has 0 fully saturated rings. The molecular weight excluding hydrogens is 281 g/mol. The van der Waals surface area contributed by atoms with Crippen molar-refractivity contribution in [3.63, 3.8) is 0 Å². The molecule has 11 heteroatoms. The molecule has 1 unspecified atom stereocenters. The summed E-state index contributed by atoms with van der Waals surface area (Å²) in [6.07, 6.45) is 0. The molecule has 0 aromatic heterocycles. The molecule has 8 nitrogen and oxygen atoms in total. The Labute approximate surface area is 73.9 Å². The van der Waals surface area contributed by atoms with E-state index in [0.29, 0.717) is 0 Å². The van der Waals surface area contributed by atoms with Gasteiger partial charge in [-0.25, -0.2) is 0 Å². The van der Waals surface area contributed by atoms with E-state index in [9.17, 15) is 14.7 Å². The van der Waals surface area contributed by atoms with E-state index < -0.39 is 46.2 Å². The van der Waals surface area contributed by atoms with Gasteiger partial charge in [0.15, 0.2) is 0 Å². The fourth-order valence-corrected chi connectivity index (χ4v) is 3.98. The monoisotopic (exact) mass is 283 g/mol. The summed E-state index contributed by atoms with van der Waals surface area (Å²) >= 11 is -13.7. The molecule has 0 aliphatic heterocycles. The van der Waals surface area contributed by atoms with Crippen LogP contribution in [0, 0.1) is 0 Å². The molecule has 0 spiro atoms. The molecule has 0 radical (unpaired) electrons. The molecule has 0 aliphatic carbocycles.